The maximum atomic E-state index is 14.4. The van der Waals surface area contributed by atoms with Crippen molar-refractivity contribution in [2.24, 2.45) is 5.92 Å². The first-order valence-electron chi connectivity index (χ1n) is 7.87. The van der Waals surface area contributed by atoms with Gasteiger partial charge in [-0.2, -0.15) is 0 Å². The topological polar surface area (TPSA) is 26.3 Å². The van der Waals surface area contributed by atoms with Gasteiger partial charge in [-0.05, 0) is 49.3 Å². The van der Waals surface area contributed by atoms with Crippen LogP contribution in [0.2, 0.25) is 0 Å². The SMILES string of the molecule is CCC(=O)CCCCc1cc(C)cc(OCC(C)C)c1F. The fraction of sp³-hybridized carbons (Fsp3) is 0.611. The summed E-state index contributed by atoms with van der Waals surface area (Å²) in [4.78, 5) is 11.3. The van der Waals surface area contributed by atoms with Gasteiger partial charge in [-0.1, -0.05) is 26.8 Å². The summed E-state index contributed by atoms with van der Waals surface area (Å²) in [6.45, 7) is 8.43. The lowest BCUT2D eigenvalue weighted by Crippen LogP contribution is -2.07. The van der Waals surface area contributed by atoms with Crippen LogP contribution in [0.4, 0.5) is 4.39 Å². The summed E-state index contributed by atoms with van der Waals surface area (Å²) in [6, 6.07) is 3.63. The van der Waals surface area contributed by atoms with E-state index in [4.69, 9.17) is 4.74 Å². The van der Waals surface area contributed by atoms with Crippen molar-refractivity contribution in [3.63, 3.8) is 0 Å². The fourth-order valence-electron chi connectivity index (χ4n) is 2.17. The third-order valence-electron chi connectivity index (χ3n) is 3.38. The summed E-state index contributed by atoms with van der Waals surface area (Å²) in [5.41, 5.74) is 1.70. The maximum absolute atomic E-state index is 14.4. The van der Waals surface area contributed by atoms with Gasteiger partial charge >= 0.3 is 0 Å². The van der Waals surface area contributed by atoms with E-state index in [-0.39, 0.29) is 11.6 Å². The molecule has 3 heteroatoms. The molecule has 0 radical (unpaired) electrons. The fourth-order valence-corrected chi connectivity index (χ4v) is 2.17. The molecule has 0 atom stereocenters. The number of hydrogen-bond acceptors (Lipinski definition) is 2. The lowest BCUT2D eigenvalue weighted by Gasteiger charge is -2.13. The van der Waals surface area contributed by atoms with Gasteiger partial charge in [0.25, 0.3) is 0 Å². The second-order valence-electron chi connectivity index (χ2n) is 6.04. The first-order chi connectivity index (χ1) is 9.93. The summed E-state index contributed by atoms with van der Waals surface area (Å²) in [7, 11) is 0. The van der Waals surface area contributed by atoms with Crippen LogP contribution >= 0.6 is 0 Å². The van der Waals surface area contributed by atoms with Gasteiger partial charge in [0, 0.05) is 12.8 Å². The van der Waals surface area contributed by atoms with E-state index < -0.39 is 0 Å². The first-order valence-corrected chi connectivity index (χ1v) is 7.87. The molecular formula is C18H27FO2. The van der Waals surface area contributed by atoms with E-state index >= 15 is 0 Å². The van der Waals surface area contributed by atoms with Gasteiger partial charge in [0.15, 0.2) is 11.6 Å². The van der Waals surface area contributed by atoms with Gasteiger partial charge < -0.3 is 4.74 Å². The lowest BCUT2D eigenvalue weighted by atomic mass is 10.0. The molecule has 1 aromatic carbocycles. The number of halogens is 1. The molecule has 21 heavy (non-hydrogen) atoms. The van der Waals surface area contributed by atoms with Crippen LogP contribution in [0, 0.1) is 18.7 Å². The number of unbranched alkanes of at least 4 members (excludes halogenated alkanes) is 1. The van der Waals surface area contributed by atoms with E-state index in [1.807, 2.05) is 33.8 Å². The molecule has 1 rings (SSSR count). The molecule has 0 heterocycles. The largest absolute Gasteiger partial charge is 0.490 e. The minimum Gasteiger partial charge on any atom is -0.490 e. The molecule has 1 aromatic rings. The number of rotatable bonds is 9. The summed E-state index contributed by atoms with van der Waals surface area (Å²) in [5.74, 6) is 0.750. The molecule has 0 spiro atoms. The molecule has 0 bridgehead atoms. The van der Waals surface area contributed by atoms with Crippen molar-refractivity contribution in [2.45, 2.75) is 59.8 Å². The Morgan fingerprint density at radius 1 is 1.29 bits per heavy atom. The summed E-state index contributed by atoms with van der Waals surface area (Å²) >= 11 is 0. The Hall–Kier alpha value is -1.38. The monoisotopic (exact) mass is 294 g/mol. The standard InChI is InChI=1S/C18H27FO2/c1-5-16(20)9-7-6-8-15-10-14(4)11-17(18(15)19)21-12-13(2)3/h10-11,13H,5-9,12H2,1-4H3. The van der Waals surface area contributed by atoms with E-state index in [0.29, 0.717) is 43.1 Å². The van der Waals surface area contributed by atoms with Gasteiger partial charge in [0.2, 0.25) is 0 Å². The van der Waals surface area contributed by atoms with Gasteiger partial charge in [-0.15, -0.1) is 0 Å². The smallest absolute Gasteiger partial charge is 0.168 e. The number of ketones is 1. The van der Waals surface area contributed by atoms with Crippen LogP contribution < -0.4 is 4.74 Å². The molecule has 0 fully saturated rings. The van der Waals surface area contributed by atoms with Crippen molar-refractivity contribution in [1.29, 1.82) is 0 Å². The van der Waals surface area contributed by atoms with Gasteiger partial charge in [0.05, 0.1) is 6.61 Å². The average molecular weight is 294 g/mol. The number of carbonyl (C=O) groups is 1. The van der Waals surface area contributed by atoms with Crippen molar-refractivity contribution in [1.82, 2.24) is 0 Å². The molecule has 2 nitrogen and oxygen atoms in total. The predicted molar refractivity (Wildman–Crippen MR) is 84.3 cm³/mol. The molecule has 0 saturated carbocycles. The van der Waals surface area contributed by atoms with E-state index in [9.17, 15) is 9.18 Å². The van der Waals surface area contributed by atoms with E-state index in [1.165, 1.54) is 0 Å². The van der Waals surface area contributed by atoms with Crippen molar-refractivity contribution in [3.05, 3.63) is 29.1 Å². The number of carbonyl (C=O) groups excluding carboxylic acids is 1. The van der Waals surface area contributed by atoms with Crippen LogP contribution in [0.3, 0.4) is 0 Å². The minimum absolute atomic E-state index is 0.247. The highest BCUT2D eigenvalue weighted by Crippen LogP contribution is 2.25. The number of Topliss-reactive ketones (excluding diaryl/α,β-unsaturated/α-hetero) is 1. The van der Waals surface area contributed by atoms with Gasteiger partial charge in [0.1, 0.15) is 5.78 Å². The van der Waals surface area contributed by atoms with Crippen molar-refractivity contribution >= 4 is 5.78 Å². The molecule has 0 aliphatic heterocycles. The normalized spacial score (nSPS) is 11.0. The highest BCUT2D eigenvalue weighted by Gasteiger charge is 2.11. The zero-order chi connectivity index (χ0) is 15.8. The van der Waals surface area contributed by atoms with E-state index in [2.05, 4.69) is 0 Å². The maximum Gasteiger partial charge on any atom is 0.168 e. The molecule has 0 N–H and O–H groups in total. The molecule has 0 aliphatic carbocycles. The van der Waals surface area contributed by atoms with E-state index in [1.54, 1.807) is 6.07 Å². The molecule has 0 saturated heterocycles. The van der Waals surface area contributed by atoms with Crippen molar-refractivity contribution in [2.75, 3.05) is 6.61 Å². The molecule has 118 valence electrons. The van der Waals surface area contributed by atoms with Crippen LogP contribution in [0.15, 0.2) is 12.1 Å². The molecule has 0 unspecified atom stereocenters. The Kier molecular flexibility index (Phi) is 7.41. The average Bonchev–Trinajstić information content (AvgIpc) is 2.44. The third kappa shape index (κ3) is 6.28. The molecule has 0 aliphatic rings. The van der Waals surface area contributed by atoms with Crippen LogP contribution in [0.5, 0.6) is 5.75 Å². The second-order valence-corrected chi connectivity index (χ2v) is 6.04. The number of benzene rings is 1. The Morgan fingerprint density at radius 2 is 2.00 bits per heavy atom. The minimum atomic E-state index is -0.247. The zero-order valence-electron chi connectivity index (χ0n) is 13.7. The number of ether oxygens (including phenoxy) is 1. The third-order valence-corrected chi connectivity index (χ3v) is 3.38. The first kappa shape index (κ1) is 17.7. The Labute approximate surface area is 127 Å². The van der Waals surface area contributed by atoms with Crippen LogP contribution in [0.25, 0.3) is 0 Å². The van der Waals surface area contributed by atoms with Gasteiger partial charge in [-0.25, -0.2) is 4.39 Å². The Morgan fingerprint density at radius 3 is 2.62 bits per heavy atom. The Bertz CT molecular complexity index is 467. The summed E-state index contributed by atoms with van der Waals surface area (Å²) in [6.07, 6.45) is 3.49. The van der Waals surface area contributed by atoms with Crippen LogP contribution in [0.1, 0.15) is 57.6 Å². The molecule has 0 amide bonds. The van der Waals surface area contributed by atoms with Crippen LogP contribution in [-0.2, 0) is 11.2 Å². The van der Waals surface area contributed by atoms with Crippen molar-refractivity contribution in [3.8, 4) is 5.75 Å². The summed E-state index contributed by atoms with van der Waals surface area (Å²) in [5, 5.41) is 0. The zero-order valence-corrected chi connectivity index (χ0v) is 13.7. The predicted octanol–water partition coefficient (Wildman–Crippen LogP) is 4.86. The highest BCUT2D eigenvalue weighted by atomic mass is 19.1. The van der Waals surface area contributed by atoms with E-state index in [0.717, 1.165) is 18.4 Å². The van der Waals surface area contributed by atoms with Crippen LogP contribution in [-0.4, -0.2) is 12.4 Å². The number of hydrogen-bond donors (Lipinski definition) is 0. The lowest BCUT2D eigenvalue weighted by molar-refractivity contribution is -0.118. The second kappa shape index (κ2) is 8.81. The van der Waals surface area contributed by atoms with Gasteiger partial charge in [-0.3, -0.25) is 4.79 Å². The highest BCUT2D eigenvalue weighted by molar-refractivity contribution is 5.77. The molecule has 0 aromatic heterocycles. The number of aryl methyl sites for hydroxylation is 2. The summed E-state index contributed by atoms with van der Waals surface area (Å²) < 4.78 is 19.9. The van der Waals surface area contributed by atoms with Crippen molar-refractivity contribution < 1.29 is 13.9 Å². The Balaban J connectivity index is 2.62. The quantitative estimate of drug-likeness (QED) is 0.608. The molecular weight excluding hydrogens is 267 g/mol.